The smallest absolute Gasteiger partial charge is 0.209 e. The summed E-state index contributed by atoms with van der Waals surface area (Å²) < 4.78 is 24.9. The minimum Gasteiger partial charge on any atom is -0.383 e. The molecule has 1 heterocycles. The standard InChI is InChI=1S/C11H19N3O2S/c1-9-7-12-6-5-10(9)13-8-11(2,3)14-17(4,15)16/h5-7,14H,8H2,1-4H3,(H,12,13). The minimum absolute atomic E-state index is 0.505. The molecule has 1 rings (SSSR count). The van der Waals surface area contributed by atoms with Crippen LogP contribution in [0.25, 0.3) is 0 Å². The lowest BCUT2D eigenvalue weighted by Crippen LogP contribution is -2.47. The number of rotatable bonds is 5. The number of anilines is 1. The van der Waals surface area contributed by atoms with Crippen LogP contribution in [0.3, 0.4) is 0 Å². The van der Waals surface area contributed by atoms with Crippen LogP contribution in [0.15, 0.2) is 18.5 Å². The average Bonchev–Trinajstić information content (AvgIpc) is 2.13. The molecule has 0 aliphatic carbocycles. The molecule has 17 heavy (non-hydrogen) atoms. The Labute approximate surface area is 103 Å². The van der Waals surface area contributed by atoms with Crippen LogP contribution in [0.1, 0.15) is 19.4 Å². The van der Waals surface area contributed by atoms with Crippen LogP contribution in [-0.4, -0.2) is 31.7 Å². The Balaban J connectivity index is 2.65. The highest BCUT2D eigenvalue weighted by Gasteiger charge is 2.21. The Hall–Kier alpha value is -1.14. The molecule has 0 aliphatic rings. The molecule has 0 spiro atoms. The van der Waals surface area contributed by atoms with Gasteiger partial charge in [-0.3, -0.25) is 4.98 Å². The third kappa shape index (κ3) is 5.14. The summed E-state index contributed by atoms with van der Waals surface area (Å²) in [4.78, 5) is 4.00. The highest BCUT2D eigenvalue weighted by Crippen LogP contribution is 2.13. The third-order valence-corrected chi connectivity index (χ3v) is 3.13. The van der Waals surface area contributed by atoms with Gasteiger partial charge in [0.15, 0.2) is 0 Å². The molecular formula is C11H19N3O2S. The van der Waals surface area contributed by atoms with Crippen LogP contribution < -0.4 is 10.0 Å². The molecule has 5 nitrogen and oxygen atoms in total. The van der Waals surface area contributed by atoms with Crippen molar-refractivity contribution >= 4 is 15.7 Å². The van der Waals surface area contributed by atoms with Gasteiger partial charge in [-0.2, -0.15) is 0 Å². The fourth-order valence-electron chi connectivity index (χ4n) is 1.53. The van der Waals surface area contributed by atoms with Gasteiger partial charge >= 0.3 is 0 Å². The van der Waals surface area contributed by atoms with Gasteiger partial charge in [0, 0.05) is 30.2 Å². The molecule has 0 aliphatic heterocycles. The zero-order valence-corrected chi connectivity index (χ0v) is 11.4. The number of hydrogen-bond donors (Lipinski definition) is 2. The Morgan fingerprint density at radius 2 is 2.06 bits per heavy atom. The van der Waals surface area contributed by atoms with Crippen molar-refractivity contribution in [3.05, 3.63) is 24.0 Å². The maximum atomic E-state index is 11.2. The largest absolute Gasteiger partial charge is 0.383 e. The maximum Gasteiger partial charge on any atom is 0.209 e. The predicted octanol–water partition coefficient (Wildman–Crippen LogP) is 1.13. The van der Waals surface area contributed by atoms with Gasteiger partial charge < -0.3 is 5.32 Å². The quantitative estimate of drug-likeness (QED) is 0.829. The van der Waals surface area contributed by atoms with E-state index in [1.807, 2.05) is 26.8 Å². The Bertz CT molecular complexity index is 483. The second-order valence-corrected chi connectivity index (χ2v) is 6.55. The zero-order valence-electron chi connectivity index (χ0n) is 10.6. The third-order valence-electron chi connectivity index (χ3n) is 2.20. The summed E-state index contributed by atoms with van der Waals surface area (Å²) in [5.41, 5.74) is 1.45. The molecule has 0 unspecified atom stereocenters. The van der Waals surface area contributed by atoms with Crippen LogP contribution in [0.5, 0.6) is 0 Å². The Morgan fingerprint density at radius 3 is 2.59 bits per heavy atom. The van der Waals surface area contributed by atoms with E-state index in [1.54, 1.807) is 12.4 Å². The van der Waals surface area contributed by atoms with Crippen molar-refractivity contribution in [1.82, 2.24) is 9.71 Å². The van der Waals surface area contributed by atoms with E-state index in [-0.39, 0.29) is 0 Å². The van der Waals surface area contributed by atoms with E-state index in [0.29, 0.717) is 6.54 Å². The first kappa shape index (κ1) is 13.9. The van der Waals surface area contributed by atoms with Crippen molar-refractivity contribution < 1.29 is 8.42 Å². The highest BCUT2D eigenvalue weighted by atomic mass is 32.2. The summed E-state index contributed by atoms with van der Waals surface area (Å²) in [5, 5.41) is 3.21. The van der Waals surface area contributed by atoms with E-state index in [9.17, 15) is 8.42 Å². The molecule has 0 amide bonds. The van der Waals surface area contributed by atoms with E-state index in [0.717, 1.165) is 17.5 Å². The molecule has 0 aromatic carbocycles. The second kappa shape index (κ2) is 5.01. The number of nitrogens with zero attached hydrogens (tertiary/aromatic N) is 1. The van der Waals surface area contributed by atoms with Crippen molar-refractivity contribution in [2.75, 3.05) is 18.1 Å². The van der Waals surface area contributed by atoms with E-state index in [2.05, 4.69) is 15.0 Å². The summed E-state index contributed by atoms with van der Waals surface area (Å²) in [6.07, 6.45) is 4.62. The maximum absolute atomic E-state index is 11.2. The van der Waals surface area contributed by atoms with Gasteiger partial charge in [-0.05, 0) is 32.4 Å². The van der Waals surface area contributed by atoms with Gasteiger partial charge in [-0.15, -0.1) is 0 Å². The fraction of sp³-hybridized carbons (Fsp3) is 0.545. The number of pyridine rings is 1. The van der Waals surface area contributed by atoms with Crippen molar-refractivity contribution in [2.24, 2.45) is 0 Å². The van der Waals surface area contributed by atoms with Crippen molar-refractivity contribution in [2.45, 2.75) is 26.3 Å². The van der Waals surface area contributed by atoms with Crippen LogP contribution in [0.2, 0.25) is 0 Å². The van der Waals surface area contributed by atoms with Gasteiger partial charge in [0.05, 0.1) is 6.26 Å². The van der Waals surface area contributed by atoms with E-state index < -0.39 is 15.6 Å². The molecule has 1 aromatic heterocycles. The Kier molecular flexibility index (Phi) is 4.11. The molecule has 96 valence electrons. The molecule has 0 saturated carbocycles. The molecule has 1 aromatic rings. The zero-order chi connectivity index (χ0) is 13.1. The number of nitrogens with one attached hydrogen (secondary N) is 2. The predicted molar refractivity (Wildman–Crippen MR) is 69.5 cm³/mol. The van der Waals surface area contributed by atoms with E-state index >= 15 is 0 Å². The number of aromatic nitrogens is 1. The molecule has 0 bridgehead atoms. The number of sulfonamides is 1. The van der Waals surface area contributed by atoms with Crippen LogP contribution in [0.4, 0.5) is 5.69 Å². The first-order chi connectivity index (χ1) is 7.70. The lowest BCUT2D eigenvalue weighted by atomic mass is 10.1. The topological polar surface area (TPSA) is 71.1 Å². The van der Waals surface area contributed by atoms with Crippen LogP contribution >= 0.6 is 0 Å². The van der Waals surface area contributed by atoms with E-state index in [1.165, 1.54) is 0 Å². The summed E-state index contributed by atoms with van der Waals surface area (Å²) in [6, 6.07) is 1.87. The first-order valence-electron chi connectivity index (χ1n) is 5.33. The summed E-state index contributed by atoms with van der Waals surface area (Å²) in [6.45, 7) is 6.12. The van der Waals surface area contributed by atoms with Crippen molar-refractivity contribution in [3.8, 4) is 0 Å². The van der Waals surface area contributed by atoms with Crippen molar-refractivity contribution in [1.29, 1.82) is 0 Å². The molecule has 6 heteroatoms. The van der Waals surface area contributed by atoms with Gasteiger partial charge in [-0.25, -0.2) is 13.1 Å². The highest BCUT2D eigenvalue weighted by molar-refractivity contribution is 7.88. The molecule has 0 atom stereocenters. The van der Waals surface area contributed by atoms with Crippen molar-refractivity contribution in [3.63, 3.8) is 0 Å². The monoisotopic (exact) mass is 257 g/mol. The second-order valence-electron chi connectivity index (χ2n) is 4.80. The van der Waals surface area contributed by atoms with Gasteiger partial charge in [0.1, 0.15) is 0 Å². The molecular weight excluding hydrogens is 238 g/mol. The SMILES string of the molecule is Cc1cnccc1NCC(C)(C)NS(C)(=O)=O. The summed E-state index contributed by atoms with van der Waals surface area (Å²) in [5.74, 6) is 0. The van der Waals surface area contributed by atoms with Gasteiger partial charge in [-0.1, -0.05) is 0 Å². The summed E-state index contributed by atoms with van der Waals surface area (Å²) in [7, 11) is -3.20. The lowest BCUT2D eigenvalue weighted by molar-refractivity contribution is 0.476. The normalized spacial score (nSPS) is 12.5. The number of hydrogen-bond acceptors (Lipinski definition) is 4. The van der Waals surface area contributed by atoms with E-state index in [4.69, 9.17) is 0 Å². The first-order valence-corrected chi connectivity index (χ1v) is 7.22. The lowest BCUT2D eigenvalue weighted by Gasteiger charge is -2.26. The number of aryl methyl sites for hydroxylation is 1. The van der Waals surface area contributed by atoms with Crippen LogP contribution in [0, 0.1) is 6.92 Å². The van der Waals surface area contributed by atoms with Gasteiger partial charge in [0.2, 0.25) is 10.0 Å². The summed E-state index contributed by atoms with van der Waals surface area (Å²) >= 11 is 0. The van der Waals surface area contributed by atoms with Gasteiger partial charge in [0.25, 0.3) is 0 Å². The molecule has 2 N–H and O–H groups in total. The fourth-order valence-corrected chi connectivity index (χ4v) is 2.60. The minimum atomic E-state index is -3.20. The molecule has 0 radical (unpaired) electrons. The Morgan fingerprint density at radius 1 is 1.41 bits per heavy atom. The average molecular weight is 257 g/mol. The molecule has 0 fully saturated rings. The molecule has 0 saturated heterocycles. The van der Waals surface area contributed by atoms with Crippen LogP contribution in [-0.2, 0) is 10.0 Å².